The first-order valence-electron chi connectivity index (χ1n) is 7.36. The van der Waals surface area contributed by atoms with Gasteiger partial charge in [-0.05, 0) is 49.6 Å². The van der Waals surface area contributed by atoms with Gasteiger partial charge in [0.1, 0.15) is 11.9 Å². The molecule has 0 radical (unpaired) electrons. The molecule has 1 fully saturated rings. The van der Waals surface area contributed by atoms with Gasteiger partial charge in [0.2, 0.25) is 0 Å². The van der Waals surface area contributed by atoms with Crippen molar-refractivity contribution in [1.82, 2.24) is 5.32 Å². The predicted molar refractivity (Wildman–Crippen MR) is 83.0 cm³/mol. The molecule has 0 spiro atoms. The van der Waals surface area contributed by atoms with Gasteiger partial charge in [-0.3, -0.25) is 0 Å². The number of benzene rings is 2. The highest BCUT2D eigenvalue weighted by atomic mass is 16.5. The molecule has 2 atom stereocenters. The Kier molecular flexibility index (Phi) is 4.03. The van der Waals surface area contributed by atoms with Gasteiger partial charge in [-0.2, -0.15) is 0 Å². The Hall–Kier alpha value is -1.80. The third-order valence-corrected chi connectivity index (χ3v) is 4.07. The molecule has 2 nitrogen and oxygen atoms in total. The summed E-state index contributed by atoms with van der Waals surface area (Å²) in [5.74, 6) is 0.969. The summed E-state index contributed by atoms with van der Waals surface area (Å²) in [6.07, 6.45) is 3.91. The van der Waals surface area contributed by atoms with Gasteiger partial charge in [0.05, 0.1) is 0 Å². The lowest BCUT2D eigenvalue weighted by molar-refractivity contribution is 0.179. The van der Waals surface area contributed by atoms with Crippen LogP contribution in [0.4, 0.5) is 0 Å². The van der Waals surface area contributed by atoms with Gasteiger partial charge < -0.3 is 10.1 Å². The molecule has 0 aromatic heterocycles. The average molecular weight is 267 g/mol. The molecule has 2 aromatic carbocycles. The van der Waals surface area contributed by atoms with Crippen molar-refractivity contribution in [3.8, 4) is 16.9 Å². The van der Waals surface area contributed by atoms with Crippen molar-refractivity contribution in [2.24, 2.45) is 0 Å². The van der Waals surface area contributed by atoms with Crippen LogP contribution >= 0.6 is 0 Å². The molecule has 2 unspecified atom stereocenters. The monoisotopic (exact) mass is 267 g/mol. The highest BCUT2D eigenvalue weighted by molar-refractivity contribution is 5.63. The zero-order valence-corrected chi connectivity index (χ0v) is 11.9. The van der Waals surface area contributed by atoms with E-state index in [1.807, 2.05) is 13.1 Å². The fourth-order valence-electron chi connectivity index (χ4n) is 2.93. The molecule has 0 heterocycles. The van der Waals surface area contributed by atoms with Crippen molar-refractivity contribution < 1.29 is 4.74 Å². The molecule has 0 bridgehead atoms. The first-order chi connectivity index (χ1) is 9.86. The standard InChI is InChI=1S/C18H21NO/c1-19-17-8-5-9-18(17)20-16-12-10-15(11-13-16)14-6-3-2-4-7-14/h2-4,6-7,10-13,17-19H,5,8-9H2,1H3. The topological polar surface area (TPSA) is 21.3 Å². The van der Waals surface area contributed by atoms with E-state index in [0.29, 0.717) is 12.1 Å². The molecule has 0 amide bonds. The average Bonchev–Trinajstić information content (AvgIpc) is 2.96. The molecule has 0 saturated heterocycles. The number of hydrogen-bond donors (Lipinski definition) is 1. The molecule has 2 aromatic rings. The van der Waals surface area contributed by atoms with E-state index in [9.17, 15) is 0 Å². The molecule has 20 heavy (non-hydrogen) atoms. The van der Waals surface area contributed by atoms with Gasteiger partial charge in [-0.15, -0.1) is 0 Å². The van der Waals surface area contributed by atoms with Crippen LogP contribution in [0.5, 0.6) is 5.75 Å². The molecule has 2 heteroatoms. The largest absolute Gasteiger partial charge is 0.489 e. The van der Waals surface area contributed by atoms with Crippen molar-refractivity contribution in [2.75, 3.05) is 7.05 Å². The van der Waals surface area contributed by atoms with Gasteiger partial charge in [0, 0.05) is 6.04 Å². The second kappa shape index (κ2) is 6.10. The van der Waals surface area contributed by atoms with E-state index >= 15 is 0 Å². The summed E-state index contributed by atoms with van der Waals surface area (Å²) < 4.78 is 6.11. The summed E-state index contributed by atoms with van der Waals surface area (Å²) in [7, 11) is 2.02. The predicted octanol–water partition coefficient (Wildman–Crippen LogP) is 3.87. The van der Waals surface area contributed by atoms with Crippen molar-refractivity contribution in [3.05, 3.63) is 54.6 Å². The summed E-state index contributed by atoms with van der Waals surface area (Å²) >= 11 is 0. The van der Waals surface area contributed by atoms with E-state index in [2.05, 4.69) is 53.8 Å². The van der Waals surface area contributed by atoms with Crippen LogP contribution in [0.25, 0.3) is 11.1 Å². The molecule has 1 aliphatic rings. The lowest BCUT2D eigenvalue weighted by Crippen LogP contribution is -2.36. The highest BCUT2D eigenvalue weighted by Crippen LogP contribution is 2.27. The van der Waals surface area contributed by atoms with Crippen molar-refractivity contribution in [2.45, 2.75) is 31.4 Å². The Labute approximate surface area is 120 Å². The summed E-state index contributed by atoms with van der Waals surface area (Å²) in [6, 6.07) is 19.3. The highest BCUT2D eigenvalue weighted by Gasteiger charge is 2.27. The Balaban J connectivity index is 1.70. The Morgan fingerprint density at radius 1 is 0.900 bits per heavy atom. The zero-order chi connectivity index (χ0) is 13.8. The number of nitrogens with one attached hydrogen (secondary N) is 1. The molecular formula is C18H21NO. The maximum Gasteiger partial charge on any atom is 0.119 e. The minimum Gasteiger partial charge on any atom is -0.489 e. The van der Waals surface area contributed by atoms with E-state index < -0.39 is 0 Å². The van der Waals surface area contributed by atoms with Gasteiger partial charge in [-0.25, -0.2) is 0 Å². The van der Waals surface area contributed by atoms with Crippen molar-refractivity contribution in [1.29, 1.82) is 0 Å². The van der Waals surface area contributed by atoms with Crippen molar-refractivity contribution >= 4 is 0 Å². The van der Waals surface area contributed by atoms with E-state index in [-0.39, 0.29) is 0 Å². The van der Waals surface area contributed by atoms with E-state index in [1.54, 1.807) is 0 Å². The fourth-order valence-corrected chi connectivity index (χ4v) is 2.93. The maximum absolute atomic E-state index is 6.11. The van der Waals surface area contributed by atoms with E-state index in [0.717, 1.165) is 12.2 Å². The fraction of sp³-hybridized carbons (Fsp3) is 0.333. The van der Waals surface area contributed by atoms with Crippen LogP contribution in [-0.4, -0.2) is 19.2 Å². The van der Waals surface area contributed by atoms with Gasteiger partial charge >= 0.3 is 0 Å². The minimum atomic E-state index is 0.308. The Bertz CT molecular complexity index is 535. The lowest BCUT2D eigenvalue weighted by Gasteiger charge is -2.20. The number of ether oxygens (including phenoxy) is 1. The lowest BCUT2D eigenvalue weighted by atomic mass is 10.1. The molecule has 1 saturated carbocycles. The first-order valence-corrected chi connectivity index (χ1v) is 7.36. The second-order valence-corrected chi connectivity index (χ2v) is 5.37. The van der Waals surface area contributed by atoms with Gasteiger partial charge in [-0.1, -0.05) is 42.5 Å². The Morgan fingerprint density at radius 2 is 1.60 bits per heavy atom. The summed E-state index contributed by atoms with van der Waals surface area (Å²) in [6.45, 7) is 0. The maximum atomic E-state index is 6.11. The van der Waals surface area contributed by atoms with Crippen LogP contribution in [-0.2, 0) is 0 Å². The SMILES string of the molecule is CNC1CCCC1Oc1ccc(-c2ccccc2)cc1. The van der Waals surface area contributed by atoms with Crippen molar-refractivity contribution in [3.63, 3.8) is 0 Å². The van der Waals surface area contributed by atoms with Crippen LogP contribution < -0.4 is 10.1 Å². The van der Waals surface area contributed by atoms with E-state index in [1.165, 1.54) is 24.0 Å². The normalized spacial score (nSPS) is 21.9. The summed E-state index contributed by atoms with van der Waals surface area (Å²) in [5.41, 5.74) is 2.47. The van der Waals surface area contributed by atoms with Crippen LogP contribution in [0.2, 0.25) is 0 Å². The van der Waals surface area contributed by atoms with Crippen LogP contribution in [0.15, 0.2) is 54.6 Å². The quantitative estimate of drug-likeness (QED) is 0.908. The third kappa shape index (κ3) is 2.86. The van der Waals surface area contributed by atoms with Gasteiger partial charge in [0.15, 0.2) is 0 Å². The molecule has 3 rings (SSSR count). The van der Waals surface area contributed by atoms with E-state index in [4.69, 9.17) is 4.74 Å². The van der Waals surface area contributed by atoms with Crippen LogP contribution in [0.3, 0.4) is 0 Å². The molecule has 1 aliphatic carbocycles. The molecule has 104 valence electrons. The second-order valence-electron chi connectivity index (χ2n) is 5.37. The molecule has 1 N–H and O–H groups in total. The number of likely N-dealkylation sites (N-methyl/N-ethyl adjacent to an activating group) is 1. The minimum absolute atomic E-state index is 0.308. The van der Waals surface area contributed by atoms with Crippen LogP contribution in [0.1, 0.15) is 19.3 Å². The number of rotatable bonds is 4. The molecular weight excluding hydrogens is 246 g/mol. The zero-order valence-electron chi connectivity index (χ0n) is 11.9. The molecule has 0 aliphatic heterocycles. The number of hydrogen-bond acceptors (Lipinski definition) is 2. The summed E-state index contributed by atoms with van der Waals surface area (Å²) in [5, 5.41) is 3.35. The summed E-state index contributed by atoms with van der Waals surface area (Å²) in [4.78, 5) is 0. The smallest absolute Gasteiger partial charge is 0.119 e. The first kappa shape index (κ1) is 13.2. The van der Waals surface area contributed by atoms with Gasteiger partial charge in [0.25, 0.3) is 0 Å². The third-order valence-electron chi connectivity index (χ3n) is 4.07. The van der Waals surface area contributed by atoms with Crippen LogP contribution in [0, 0.1) is 0 Å². The Morgan fingerprint density at radius 3 is 2.30 bits per heavy atom.